The smallest absolute Gasteiger partial charge is 0.320 e. The molecule has 0 fully saturated rings. The molecule has 0 atom stereocenters. The molecule has 0 radical (unpaired) electrons. The number of hydrogen-bond donors (Lipinski definition) is 2. The van der Waals surface area contributed by atoms with Gasteiger partial charge in [0.2, 0.25) is 0 Å². The van der Waals surface area contributed by atoms with E-state index < -0.39 is 0 Å². The molecular formula is C12H14BrN3O2. The maximum absolute atomic E-state index is 12.2. The summed E-state index contributed by atoms with van der Waals surface area (Å²) in [5, 5.41) is 3.52. The molecule has 2 N–H and O–H groups in total. The number of fused-ring (bicyclic) bond motifs is 1. The highest BCUT2D eigenvalue weighted by atomic mass is 79.9. The third-order valence-corrected chi connectivity index (χ3v) is 3.25. The van der Waals surface area contributed by atoms with Gasteiger partial charge in [-0.25, -0.2) is 4.79 Å². The lowest BCUT2D eigenvalue weighted by atomic mass is 10.2. The minimum Gasteiger partial charge on any atom is -0.320 e. The van der Waals surface area contributed by atoms with Crippen molar-refractivity contribution in [1.82, 2.24) is 14.9 Å². The first-order chi connectivity index (χ1) is 8.63. The summed E-state index contributed by atoms with van der Waals surface area (Å²) in [6, 6.07) is 5.24. The van der Waals surface area contributed by atoms with Crippen molar-refractivity contribution in [3.8, 4) is 0 Å². The van der Waals surface area contributed by atoms with E-state index >= 15 is 0 Å². The molecule has 96 valence electrons. The fourth-order valence-electron chi connectivity index (χ4n) is 1.84. The van der Waals surface area contributed by atoms with E-state index in [2.05, 4.69) is 26.2 Å². The SMILES string of the molecule is CNCCCn1c(=O)[nH]c2cc(Br)ccc2c1=O. The summed E-state index contributed by atoms with van der Waals surface area (Å²) < 4.78 is 2.08. The van der Waals surface area contributed by atoms with Crippen LogP contribution in [0.3, 0.4) is 0 Å². The Kier molecular flexibility index (Phi) is 3.98. The van der Waals surface area contributed by atoms with Crippen LogP contribution in [0.25, 0.3) is 10.9 Å². The molecule has 0 aliphatic carbocycles. The first-order valence-corrected chi connectivity index (χ1v) is 6.50. The molecule has 0 bridgehead atoms. The Morgan fingerprint density at radius 3 is 2.89 bits per heavy atom. The van der Waals surface area contributed by atoms with Crippen molar-refractivity contribution in [1.29, 1.82) is 0 Å². The summed E-state index contributed by atoms with van der Waals surface area (Å²) in [4.78, 5) is 26.7. The minimum absolute atomic E-state index is 0.239. The summed E-state index contributed by atoms with van der Waals surface area (Å²) in [5.41, 5.74) is -0.0386. The van der Waals surface area contributed by atoms with Crippen LogP contribution in [-0.2, 0) is 6.54 Å². The zero-order chi connectivity index (χ0) is 13.1. The number of nitrogens with zero attached hydrogens (tertiary/aromatic N) is 1. The topological polar surface area (TPSA) is 66.9 Å². The molecule has 0 aliphatic rings. The van der Waals surface area contributed by atoms with Crippen molar-refractivity contribution in [2.45, 2.75) is 13.0 Å². The van der Waals surface area contributed by atoms with Gasteiger partial charge in [0.25, 0.3) is 5.56 Å². The normalized spacial score (nSPS) is 11.0. The Morgan fingerprint density at radius 2 is 2.17 bits per heavy atom. The Morgan fingerprint density at radius 1 is 1.39 bits per heavy atom. The van der Waals surface area contributed by atoms with Crippen molar-refractivity contribution in [2.24, 2.45) is 0 Å². The molecule has 0 amide bonds. The number of H-pyrrole nitrogens is 1. The number of nitrogens with one attached hydrogen (secondary N) is 2. The molecule has 1 heterocycles. The summed E-state index contributed by atoms with van der Waals surface area (Å²) in [7, 11) is 1.84. The maximum Gasteiger partial charge on any atom is 0.328 e. The van der Waals surface area contributed by atoms with Crippen LogP contribution >= 0.6 is 15.9 Å². The first kappa shape index (κ1) is 13.0. The molecule has 0 unspecified atom stereocenters. The van der Waals surface area contributed by atoms with E-state index in [1.807, 2.05) is 7.05 Å². The average molecular weight is 312 g/mol. The van der Waals surface area contributed by atoms with Crippen LogP contribution in [0.1, 0.15) is 6.42 Å². The number of rotatable bonds is 4. The number of hydrogen-bond acceptors (Lipinski definition) is 3. The van der Waals surface area contributed by atoms with Crippen LogP contribution in [0, 0.1) is 0 Å². The van der Waals surface area contributed by atoms with Crippen molar-refractivity contribution in [2.75, 3.05) is 13.6 Å². The fourth-order valence-corrected chi connectivity index (χ4v) is 2.20. The van der Waals surface area contributed by atoms with Gasteiger partial charge < -0.3 is 10.3 Å². The van der Waals surface area contributed by atoms with Gasteiger partial charge in [-0.05, 0) is 38.2 Å². The van der Waals surface area contributed by atoms with Gasteiger partial charge in [-0.3, -0.25) is 9.36 Å². The second kappa shape index (κ2) is 5.49. The van der Waals surface area contributed by atoms with E-state index in [1.54, 1.807) is 18.2 Å². The highest BCUT2D eigenvalue weighted by molar-refractivity contribution is 9.10. The van der Waals surface area contributed by atoms with Gasteiger partial charge >= 0.3 is 5.69 Å². The predicted octanol–water partition coefficient (Wildman–Crippen LogP) is 1.06. The third-order valence-electron chi connectivity index (χ3n) is 2.75. The lowest BCUT2D eigenvalue weighted by Crippen LogP contribution is -2.35. The average Bonchev–Trinajstić information content (AvgIpc) is 2.33. The molecule has 1 aromatic carbocycles. The highest BCUT2D eigenvalue weighted by Gasteiger charge is 2.07. The van der Waals surface area contributed by atoms with Crippen LogP contribution in [0.2, 0.25) is 0 Å². The zero-order valence-corrected chi connectivity index (χ0v) is 11.6. The minimum atomic E-state index is -0.360. The first-order valence-electron chi connectivity index (χ1n) is 5.70. The molecule has 0 saturated carbocycles. The van der Waals surface area contributed by atoms with E-state index in [0.29, 0.717) is 17.4 Å². The highest BCUT2D eigenvalue weighted by Crippen LogP contribution is 2.14. The van der Waals surface area contributed by atoms with Crippen molar-refractivity contribution in [3.05, 3.63) is 43.5 Å². The molecule has 2 rings (SSSR count). The van der Waals surface area contributed by atoms with Crippen molar-refractivity contribution in [3.63, 3.8) is 0 Å². The van der Waals surface area contributed by atoms with Crippen LogP contribution in [0.4, 0.5) is 0 Å². The van der Waals surface area contributed by atoms with Crippen LogP contribution in [0.15, 0.2) is 32.3 Å². The fraction of sp³-hybridized carbons (Fsp3) is 0.333. The molecule has 5 nitrogen and oxygen atoms in total. The van der Waals surface area contributed by atoms with E-state index in [0.717, 1.165) is 17.4 Å². The van der Waals surface area contributed by atoms with Gasteiger partial charge in [0.05, 0.1) is 10.9 Å². The van der Waals surface area contributed by atoms with E-state index in [4.69, 9.17) is 0 Å². The van der Waals surface area contributed by atoms with Gasteiger partial charge in [0.1, 0.15) is 0 Å². The Hall–Kier alpha value is -1.40. The van der Waals surface area contributed by atoms with Gasteiger partial charge in [0, 0.05) is 11.0 Å². The zero-order valence-electron chi connectivity index (χ0n) is 10.00. The van der Waals surface area contributed by atoms with E-state index in [9.17, 15) is 9.59 Å². The summed E-state index contributed by atoms with van der Waals surface area (Å²) in [6.45, 7) is 1.19. The van der Waals surface area contributed by atoms with E-state index in [1.165, 1.54) is 4.57 Å². The standard InChI is InChI=1S/C12H14BrN3O2/c1-14-5-2-6-16-11(17)9-4-3-8(13)7-10(9)15-12(16)18/h3-4,7,14H,2,5-6H2,1H3,(H,15,18). The van der Waals surface area contributed by atoms with Gasteiger partial charge in [-0.1, -0.05) is 15.9 Å². The van der Waals surface area contributed by atoms with Gasteiger partial charge in [0.15, 0.2) is 0 Å². The summed E-state index contributed by atoms with van der Waals surface area (Å²) >= 11 is 3.31. The molecule has 1 aromatic heterocycles. The maximum atomic E-state index is 12.2. The molecule has 0 spiro atoms. The molecule has 6 heteroatoms. The quantitative estimate of drug-likeness (QED) is 0.830. The number of halogens is 1. The van der Waals surface area contributed by atoms with Crippen LogP contribution < -0.4 is 16.6 Å². The largest absolute Gasteiger partial charge is 0.328 e. The van der Waals surface area contributed by atoms with Gasteiger partial charge in [-0.2, -0.15) is 0 Å². The van der Waals surface area contributed by atoms with Crippen LogP contribution in [0.5, 0.6) is 0 Å². The lowest BCUT2D eigenvalue weighted by Gasteiger charge is -2.06. The second-order valence-corrected chi connectivity index (χ2v) is 4.95. The van der Waals surface area contributed by atoms with Gasteiger partial charge in [-0.15, -0.1) is 0 Å². The predicted molar refractivity (Wildman–Crippen MR) is 75.1 cm³/mol. The molecule has 2 aromatic rings. The van der Waals surface area contributed by atoms with Crippen molar-refractivity contribution < 1.29 is 0 Å². The monoisotopic (exact) mass is 311 g/mol. The summed E-state index contributed by atoms with van der Waals surface area (Å²) in [5.74, 6) is 0. The van der Waals surface area contributed by atoms with E-state index in [-0.39, 0.29) is 11.2 Å². The Labute approximate surface area is 112 Å². The molecule has 18 heavy (non-hydrogen) atoms. The Balaban J connectivity index is 2.52. The number of aromatic amines is 1. The number of benzene rings is 1. The number of aromatic nitrogens is 2. The van der Waals surface area contributed by atoms with Crippen molar-refractivity contribution >= 4 is 26.8 Å². The second-order valence-electron chi connectivity index (χ2n) is 4.03. The third kappa shape index (κ3) is 2.54. The van der Waals surface area contributed by atoms with Crippen LogP contribution in [-0.4, -0.2) is 23.1 Å². The lowest BCUT2D eigenvalue weighted by molar-refractivity contribution is 0.578. The summed E-state index contributed by atoms with van der Waals surface area (Å²) in [6.07, 6.45) is 0.738. The molecule has 0 saturated heterocycles. The molecule has 0 aliphatic heterocycles. The Bertz CT molecular complexity index is 675. The molecular weight excluding hydrogens is 298 g/mol.